The maximum atomic E-state index is 13.3. The fourth-order valence-corrected chi connectivity index (χ4v) is 3.91. The average molecular weight is 292 g/mol. The Kier molecular flexibility index (Phi) is 3.94. The zero-order chi connectivity index (χ0) is 13.3. The van der Waals surface area contributed by atoms with Crippen molar-refractivity contribution in [3.05, 3.63) is 29.6 Å². The Morgan fingerprint density at radius 2 is 2.22 bits per heavy atom. The van der Waals surface area contributed by atoms with E-state index in [2.05, 4.69) is 0 Å². The molecular weight excluding hydrogens is 277 g/mol. The van der Waals surface area contributed by atoms with Crippen molar-refractivity contribution in [3.63, 3.8) is 0 Å². The predicted molar refractivity (Wildman–Crippen MR) is 68.5 cm³/mol. The van der Waals surface area contributed by atoms with Gasteiger partial charge in [-0.1, -0.05) is 6.92 Å². The van der Waals surface area contributed by atoms with Gasteiger partial charge in [0.05, 0.1) is 10.8 Å². The van der Waals surface area contributed by atoms with Gasteiger partial charge >= 0.3 is 0 Å². The fourth-order valence-electron chi connectivity index (χ4n) is 2.08. The Bertz CT molecular complexity index is 547. The van der Waals surface area contributed by atoms with Gasteiger partial charge in [-0.15, -0.1) is 11.6 Å². The molecule has 0 aliphatic carbocycles. The van der Waals surface area contributed by atoms with E-state index in [0.29, 0.717) is 19.0 Å². The van der Waals surface area contributed by atoms with E-state index in [9.17, 15) is 12.8 Å². The van der Waals surface area contributed by atoms with E-state index in [1.54, 1.807) is 0 Å². The number of rotatable bonds is 3. The Balaban J connectivity index is 2.35. The molecule has 0 N–H and O–H groups in total. The molecule has 0 amide bonds. The van der Waals surface area contributed by atoms with Gasteiger partial charge in [0.15, 0.2) is 0 Å². The highest BCUT2D eigenvalue weighted by Crippen LogP contribution is 2.25. The molecular formula is C12H15ClFNO2S. The Morgan fingerprint density at radius 1 is 1.50 bits per heavy atom. The highest BCUT2D eigenvalue weighted by atomic mass is 35.5. The number of halogens is 2. The summed E-state index contributed by atoms with van der Waals surface area (Å²) in [6.45, 7) is 3.07. The second-order valence-corrected chi connectivity index (χ2v) is 6.85. The Hall–Kier alpha value is -0.650. The van der Waals surface area contributed by atoms with E-state index in [-0.39, 0.29) is 16.3 Å². The Morgan fingerprint density at radius 3 is 2.78 bits per heavy atom. The van der Waals surface area contributed by atoms with E-state index in [4.69, 9.17) is 11.6 Å². The molecule has 1 fully saturated rings. The third-order valence-corrected chi connectivity index (χ3v) is 5.33. The lowest BCUT2D eigenvalue weighted by Gasteiger charge is -2.16. The van der Waals surface area contributed by atoms with Crippen LogP contribution in [0.4, 0.5) is 4.39 Å². The monoisotopic (exact) mass is 291 g/mol. The lowest BCUT2D eigenvalue weighted by molar-refractivity contribution is 0.464. The van der Waals surface area contributed by atoms with Crippen LogP contribution in [0.1, 0.15) is 18.9 Å². The standard InChI is InChI=1S/C12H15ClFNO2S/c1-9-4-5-15(8-9)18(16,17)11-2-3-12(14)10(6-11)7-13/h2-3,6,9H,4-5,7-8H2,1H3. The van der Waals surface area contributed by atoms with Crippen molar-refractivity contribution in [1.82, 2.24) is 4.31 Å². The number of hydrogen-bond donors (Lipinski definition) is 0. The lowest BCUT2D eigenvalue weighted by Crippen LogP contribution is -2.28. The first kappa shape index (κ1) is 13.8. The zero-order valence-corrected chi connectivity index (χ0v) is 11.6. The minimum atomic E-state index is -3.51. The van der Waals surface area contributed by atoms with Crippen LogP contribution in [0, 0.1) is 11.7 Å². The highest BCUT2D eigenvalue weighted by Gasteiger charge is 2.30. The predicted octanol–water partition coefficient (Wildman–Crippen LogP) is 2.60. The van der Waals surface area contributed by atoms with Gasteiger partial charge in [-0.2, -0.15) is 4.31 Å². The molecule has 2 rings (SSSR count). The van der Waals surface area contributed by atoms with Crippen LogP contribution in [0.25, 0.3) is 0 Å². The number of alkyl halides is 1. The quantitative estimate of drug-likeness (QED) is 0.803. The molecule has 1 heterocycles. The third-order valence-electron chi connectivity index (χ3n) is 3.19. The average Bonchev–Trinajstić information content (AvgIpc) is 2.77. The maximum Gasteiger partial charge on any atom is 0.243 e. The summed E-state index contributed by atoms with van der Waals surface area (Å²) >= 11 is 5.59. The van der Waals surface area contributed by atoms with Gasteiger partial charge in [-0.3, -0.25) is 0 Å². The van der Waals surface area contributed by atoms with Crippen molar-refractivity contribution in [3.8, 4) is 0 Å². The van der Waals surface area contributed by atoms with Crippen LogP contribution in [0.3, 0.4) is 0 Å². The number of benzene rings is 1. The molecule has 1 atom stereocenters. The molecule has 6 heteroatoms. The van der Waals surface area contributed by atoms with Gasteiger partial charge in [-0.25, -0.2) is 12.8 Å². The molecule has 0 spiro atoms. The first-order chi connectivity index (χ1) is 8.45. The zero-order valence-electron chi connectivity index (χ0n) is 10.1. The van der Waals surface area contributed by atoms with E-state index < -0.39 is 15.8 Å². The molecule has 0 bridgehead atoms. The van der Waals surface area contributed by atoms with Crippen LogP contribution in [0.5, 0.6) is 0 Å². The number of sulfonamides is 1. The molecule has 1 aromatic rings. The van der Waals surface area contributed by atoms with Crippen LogP contribution >= 0.6 is 11.6 Å². The van der Waals surface area contributed by atoms with Crippen molar-refractivity contribution in [1.29, 1.82) is 0 Å². The minimum Gasteiger partial charge on any atom is -0.207 e. The van der Waals surface area contributed by atoms with Crippen molar-refractivity contribution >= 4 is 21.6 Å². The van der Waals surface area contributed by atoms with Crippen molar-refractivity contribution < 1.29 is 12.8 Å². The molecule has 0 aromatic heterocycles. The van der Waals surface area contributed by atoms with Gasteiger partial charge in [0.2, 0.25) is 10.0 Å². The second kappa shape index (κ2) is 5.15. The van der Waals surface area contributed by atoms with Gasteiger partial charge in [0.1, 0.15) is 5.82 Å². The van der Waals surface area contributed by atoms with Crippen LogP contribution in [-0.2, 0) is 15.9 Å². The molecule has 3 nitrogen and oxygen atoms in total. The molecule has 0 radical (unpaired) electrons. The fraction of sp³-hybridized carbons (Fsp3) is 0.500. The normalized spacial score (nSPS) is 21.4. The van der Waals surface area contributed by atoms with Gasteiger partial charge in [-0.05, 0) is 30.5 Å². The van der Waals surface area contributed by atoms with Crippen LogP contribution < -0.4 is 0 Å². The van der Waals surface area contributed by atoms with Gasteiger partial charge in [0.25, 0.3) is 0 Å². The summed E-state index contributed by atoms with van der Waals surface area (Å²) < 4.78 is 39.4. The first-order valence-electron chi connectivity index (χ1n) is 5.79. The number of hydrogen-bond acceptors (Lipinski definition) is 2. The topological polar surface area (TPSA) is 37.4 Å². The molecule has 1 aliphatic heterocycles. The molecule has 1 unspecified atom stereocenters. The summed E-state index contributed by atoms with van der Waals surface area (Å²) in [5.74, 6) is -0.141. The molecule has 1 aromatic carbocycles. The van der Waals surface area contributed by atoms with Crippen molar-refractivity contribution in [2.75, 3.05) is 13.1 Å². The third kappa shape index (κ3) is 2.53. The number of nitrogens with zero attached hydrogens (tertiary/aromatic N) is 1. The maximum absolute atomic E-state index is 13.3. The molecule has 18 heavy (non-hydrogen) atoms. The van der Waals surface area contributed by atoms with Gasteiger partial charge in [0, 0.05) is 18.7 Å². The summed E-state index contributed by atoms with van der Waals surface area (Å²) in [4.78, 5) is 0.119. The van der Waals surface area contributed by atoms with E-state index in [1.165, 1.54) is 16.4 Å². The highest BCUT2D eigenvalue weighted by molar-refractivity contribution is 7.89. The largest absolute Gasteiger partial charge is 0.243 e. The van der Waals surface area contributed by atoms with Crippen LogP contribution in [-0.4, -0.2) is 25.8 Å². The van der Waals surface area contributed by atoms with Crippen LogP contribution in [0.15, 0.2) is 23.1 Å². The molecule has 0 saturated carbocycles. The minimum absolute atomic E-state index is 0.0361. The summed E-state index contributed by atoms with van der Waals surface area (Å²) in [5, 5.41) is 0. The smallest absolute Gasteiger partial charge is 0.207 e. The van der Waals surface area contributed by atoms with Crippen LogP contribution in [0.2, 0.25) is 0 Å². The van der Waals surface area contributed by atoms with Gasteiger partial charge < -0.3 is 0 Å². The lowest BCUT2D eigenvalue weighted by atomic mass is 10.2. The SMILES string of the molecule is CC1CCN(S(=O)(=O)c2ccc(F)c(CCl)c2)C1. The summed E-state index contributed by atoms with van der Waals surface area (Å²) in [6.07, 6.45) is 0.864. The van der Waals surface area contributed by atoms with Crippen molar-refractivity contribution in [2.24, 2.45) is 5.92 Å². The Labute approximate surface area is 112 Å². The van der Waals surface area contributed by atoms with E-state index in [1.807, 2.05) is 6.92 Å². The summed E-state index contributed by atoms with van der Waals surface area (Å²) in [5.41, 5.74) is 0.213. The van der Waals surface area contributed by atoms with E-state index >= 15 is 0 Å². The summed E-state index contributed by atoms with van der Waals surface area (Å²) in [7, 11) is -3.51. The molecule has 1 aliphatic rings. The summed E-state index contributed by atoms with van der Waals surface area (Å²) in [6, 6.07) is 3.77. The molecule has 1 saturated heterocycles. The first-order valence-corrected chi connectivity index (χ1v) is 7.77. The van der Waals surface area contributed by atoms with E-state index in [0.717, 1.165) is 12.5 Å². The molecule has 100 valence electrons. The van der Waals surface area contributed by atoms with Crippen molar-refractivity contribution in [2.45, 2.75) is 24.1 Å². The second-order valence-electron chi connectivity index (χ2n) is 4.64.